The van der Waals surface area contributed by atoms with Gasteiger partial charge in [-0.15, -0.1) is 33.7 Å². The van der Waals surface area contributed by atoms with Crippen molar-refractivity contribution < 1.29 is 51.0 Å². The van der Waals surface area contributed by atoms with Gasteiger partial charge in [0.05, 0.1) is 0 Å². The van der Waals surface area contributed by atoms with Crippen LogP contribution < -0.4 is 35.2 Å². The summed E-state index contributed by atoms with van der Waals surface area (Å²) in [6.45, 7) is 0. The quantitative estimate of drug-likeness (QED) is 0.215. The van der Waals surface area contributed by atoms with Crippen molar-refractivity contribution >= 4 is 41.4 Å². The molecule has 0 fully saturated rings. The van der Waals surface area contributed by atoms with Gasteiger partial charge in [0, 0.05) is 0 Å². The van der Waals surface area contributed by atoms with E-state index in [1.54, 1.807) is 0 Å². The summed E-state index contributed by atoms with van der Waals surface area (Å²) in [5.41, 5.74) is 1.41. The molecule has 0 atom stereocenters. The van der Waals surface area contributed by atoms with Crippen molar-refractivity contribution in [3.05, 3.63) is 139 Å². The van der Waals surface area contributed by atoms with E-state index < -0.39 is 0 Å². The zero-order valence-electron chi connectivity index (χ0n) is 18.5. The molecule has 4 heteroatoms. The number of fused-ring (bicyclic) bond motifs is 3. The van der Waals surface area contributed by atoms with Crippen molar-refractivity contribution in [3.63, 3.8) is 0 Å². The Labute approximate surface area is 235 Å². The van der Waals surface area contributed by atoms with Gasteiger partial charge in [-0.05, 0) is 5.92 Å². The molecular weight excluding hydrogens is 551 g/mol. The van der Waals surface area contributed by atoms with E-state index in [0.29, 0.717) is 5.92 Å². The van der Waals surface area contributed by atoms with Crippen molar-refractivity contribution in [3.8, 4) is 0 Å². The molecule has 0 spiro atoms. The maximum Gasteiger partial charge on any atom is 3.00 e. The minimum absolute atomic E-state index is 0. The number of halogens is 2. The molecule has 0 saturated carbocycles. The van der Waals surface area contributed by atoms with Crippen LogP contribution in [0.3, 0.4) is 0 Å². The van der Waals surface area contributed by atoms with Gasteiger partial charge >= 0.3 is 26.2 Å². The number of hydrogen-bond acceptors (Lipinski definition) is 0. The number of benzene rings is 4. The zero-order valence-corrected chi connectivity index (χ0v) is 23.5. The fourth-order valence-corrected chi connectivity index (χ4v) is 5.19. The first-order chi connectivity index (χ1) is 15.4. The molecule has 0 nitrogen and oxygen atoms in total. The van der Waals surface area contributed by atoms with Crippen LogP contribution >= 0.6 is 0 Å². The molecule has 3 radical (unpaired) electrons. The molecule has 0 amide bonds. The van der Waals surface area contributed by atoms with Gasteiger partial charge in [0.25, 0.3) is 0 Å². The van der Waals surface area contributed by atoms with Crippen LogP contribution in [-0.4, -0.2) is 9.52 Å². The predicted octanol–water partition coefficient (Wildman–Crippen LogP) is 0.269. The maximum absolute atomic E-state index is 2.32. The average molecular weight is 574 g/mol. The molecule has 0 heterocycles. The summed E-state index contributed by atoms with van der Waals surface area (Å²) in [5.74, 6) is 0.436. The number of rotatable bonds is 3. The van der Waals surface area contributed by atoms with E-state index >= 15 is 0 Å². The zero-order chi connectivity index (χ0) is 20.9. The van der Waals surface area contributed by atoms with Crippen molar-refractivity contribution in [2.45, 2.75) is 5.92 Å². The first-order valence-electron chi connectivity index (χ1n) is 10.7. The van der Waals surface area contributed by atoms with Gasteiger partial charge in [-0.25, -0.2) is 0 Å². The average Bonchev–Trinajstić information content (AvgIpc) is 3.49. The number of hydrogen-bond donors (Lipinski definition) is 0. The molecule has 0 aromatic heterocycles. The molecular formula is C30H23Cl2SiZr. The molecule has 0 aliphatic heterocycles. The van der Waals surface area contributed by atoms with E-state index in [1.165, 1.54) is 37.5 Å². The van der Waals surface area contributed by atoms with Crippen LogP contribution in [0.15, 0.2) is 133 Å². The summed E-state index contributed by atoms with van der Waals surface area (Å²) in [6, 6.07) is 38.7. The smallest absolute Gasteiger partial charge is 1.00 e. The molecule has 0 N–H and O–H groups in total. The van der Waals surface area contributed by atoms with E-state index in [-0.39, 0.29) is 51.0 Å². The second-order valence-electron chi connectivity index (χ2n) is 7.69. The van der Waals surface area contributed by atoms with Gasteiger partial charge in [0.15, 0.2) is 0 Å². The number of allylic oxidation sites excluding steroid dienone is 4. The molecule has 1 aliphatic rings. The summed E-state index contributed by atoms with van der Waals surface area (Å²) >= 11 is 0. The van der Waals surface area contributed by atoms with Crippen LogP contribution in [0.5, 0.6) is 0 Å². The summed E-state index contributed by atoms with van der Waals surface area (Å²) in [6.07, 6.45) is 8.77. The summed E-state index contributed by atoms with van der Waals surface area (Å²) in [4.78, 5) is 0. The van der Waals surface area contributed by atoms with Crippen LogP contribution in [0.25, 0.3) is 21.5 Å². The minimum Gasteiger partial charge on any atom is -1.00 e. The van der Waals surface area contributed by atoms with E-state index in [0.717, 1.165) is 9.52 Å². The molecule has 1 aliphatic carbocycles. The molecule has 5 aromatic carbocycles. The Morgan fingerprint density at radius 2 is 1.09 bits per heavy atom. The third-order valence-corrected chi connectivity index (χ3v) is 6.88. The SMILES string of the molecule is C1=CC(c2cccc3c2[cH-]c2ccccc23)C=C1.[Cl-].[Cl-].[Zr+3].c1ccc([Si]c2ccccc2)cc1. The first kappa shape index (κ1) is 28.1. The molecule has 0 bridgehead atoms. The molecule has 34 heavy (non-hydrogen) atoms. The monoisotopic (exact) mass is 571 g/mol. The van der Waals surface area contributed by atoms with Crippen LogP contribution in [-0.2, 0) is 26.2 Å². The Kier molecular flexibility index (Phi) is 11.4. The van der Waals surface area contributed by atoms with Crippen LogP contribution in [0.4, 0.5) is 0 Å². The summed E-state index contributed by atoms with van der Waals surface area (Å²) < 4.78 is 0. The fraction of sp³-hybridized carbons (Fsp3) is 0.0333. The van der Waals surface area contributed by atoms with Gasteiger partial charge in [0.2, 0.25) is 0 Å². The van der Waals surface area contributed by atoms with Gasteiger partial charge in [-0.3, -0.25) is 0 Å². The second-order valence-corrected chi connectivity index (χ2v) is 9.10. The van der Waals surface area contributed by atoms with E-state index in [9.17, 15) is 0 Å². The third-order valence-electron chi connectivity index (χ3n) is 5.63. The Morgan fingerprint density at radius 3 is 1.71 bits per heavy atom. The summed E-state index contributed by atoms with van der Waals surface area (Å²) in [7, 11) is 0.777. The Bertz CT molecular complexity index is 1310. The van der Waals surface area contributed by atoms with Gasteiger partial charge < -0.3 is 24.8 Å². The van der Waals surface area contributed by atoms with Gasteiger partial charge in [-0.2, -0.15) is 0 Å². The van der Waals surface area contributed by atoms with E-state index in [2.05, 4.69) is 133 Å². The Morgan fingerprint density at radius 1 is 0.559 bits per heavy atom. The third kappa shape index (κ3) is 6.52. The van der Waals surface area contributed by atoms with E-state index in [1.807, 2.05) is 0 Å². The van der Waals surface area contributed by atoms with Crippen LogP contribution in [0.1, 0.15) is 11.5 Å². The normalized spacial score (nSPS) is 11.8. The molecule has 0 unspecified atom stereocenters. The fourth-order valence-electron chi connectivity index (χ4n) is 4.14. The van der Waals surface area contributed by atoms with Gasteiger partial charge in [-0.1, -0.05) is 137 Å². The summed E-state index contributed by atoms with van der Waals surface area (Å²) in [5, 5.41) is 8.25. The van der Waals surface area contributed by atoms with Crippen molar-refractivity contribution in [2.75, 3.05) is 0 Å². The maximum atomic E-state index is 2.32. The first-order valence-corrected chi connectivity index (χ1v) is 11.7. The Hall–Kier alpha value is -2.09. The molecule has 165 valence electrons. The van der Waals surface area contributed by atoms with Gasteiger partial charge in [0.1, 0.15) is 9.52 Å². The van der Waals surface area contributed by atoms with E-state index in [4.69, 9.17) is 0 Å². The van der Waals surface area contributed by atoms with Crippen LogP contribution in [0, 0.1) is 0 Å². The molecule has 5 aromatic rings. The Balaban J connectivity index is 0.000000231. The van der Waals surface area contributed by atoms with Crippen molar-refractivity contribution in [1.82, 2.24) is 0 Å². The molecule has 0 saturated heterocycles. The minimum atomic E-state index is 0. The van der Waals surface area contributed by atoms with Crippen molar-refractivity contribution in [1.29, 1.82) is 0 Å². The topological polar surface area (TPSA) is 0 Å². The van der Waals surface area contributed by atoms with Crippen molar-refractivity contribution in [2.24, 2.45) is 0 Å². The van der Waals surface area contributed by atoms with Crippen LogP contribution in [0.2, 0.25) is 0 Å². The predicted molar refractivity (Wildman–Crippen MR) is 136 cm³/mol. The second kappa shape index (κ2) is 13.7. The largest absolute Gasteiger partial charge is 3.00 e. The molecule has 6 rings (SSSR count). The standard InChI is InChI=1S/C18H13.C12H10Si.2ClH.Zr/c1-2-7-13(6-1)15-10-5-11-17-16-9-4-3-8-14(16)12-18(15)17;1-3-7-11(8-4-1)13-12-9-5-2-6-10-12;;;/h1-13H;1-10H;2*1H;/q-1;;;;+3/p-2.